The van der Waals surface area contributed by atoms with E-state index >= 15 is 0 Å². The SMILES string of the molecule is CCc1nn(OC(=O)C(F)(F)F)c2ncnc(N3CCN(c4cc(Cl)cc(OCCC5CCN(C)CC5)c4C)CC3)c12. The Bertz CT molecular complexity index is 1420. The molecule has 228 valence electrons. The Kier molecular flexibility index (Phi) is 8.97. The molecule has 0 N–H and O–H groups in total. The van der Waals surface area contributed by atoms with E-state index in [1.807, 2.05) is 30.9 Å². The molecule has 0 amide bonds. The average molecular weight is 610 g/mol. The van der Waals surface area contributed by atoms with Gasteiger partial charge in [-0.05, 0) is 70.8 Å². The third kappa shape index (κ3) is 6.51. The summed E-state index contributed by atoms with van der Waals surface area (Å²) in [5.74, 6) is -0.366. The average Bonchev–Trinajstić information content (AvgIpc) is 3.33. The van der Waals surface area contributed by atoms with Crippen LogP contribution in [0.3, 0.4) is 0 Å². The van der Waals surface area contributed by atoms with Gasteiger partial charge in [-0.1, -0.05) is 23.4 Å². The molecule has 2 aromatic heterocycles. The number of hydrogen-bond acceptors (Lipinski definition) is 9. The second-order valence-electron chi connectivity index (χ2n) is 10.9. The molecule has 1 aromatic carbocycles. The van der Waals surface area contributed by atoms with Crippen LogP contribution in [0.1, 0.15) is 37.4 Å². The number of carbonyl (C=O) groups excluding carboxylic acids is 1. The first kappa shape index (κ1) is 30.1. The van der Waals surface area contributed by atoms with E-state index in [-0.39, 0.29) is 5.65 Å². The number of carbonyl (C=O) groups is 1. The second kappa shape index (κ2) is 12.5. The van der Waals surface area contributed by atoms with E-state index in [1.165, 1.54) is 19.2 Å². The summed E-state index contributed by atoms with van der Waals surface area (Å²) < 4.78 is 44.7. The molecule has 2 aliphatic rings. The second-order valence-corrected chi connectivity index (χ2v) is 11.3. The lowest BCUT2D eigenvalue weighted by molar-refractivity contribution is -0.200. The summed E-state index contributed by atoms with van der Waals surface area (Å²) in [5.41, 5.74) is 2.47. The van der Waals surface area contributed by atoms with Crippen LogP contribution in [0.15, 0.2) is 18.5 Å². The first-order valence-electron chi connectivity index (χ1n) is 14.2. The first-order valence-corrected chi connectivity index (χ1v) is 14.6. The molecule has 2 fully saturated rings. The lowest BCUT2D eigenvalue weighted by atomic mass is 9.94. The third-order valence-corrected chi connectivity index (χ3v) is 8.28. The summed E-state index contributed by atoms with van der Waals surface area (Å²) in [6, 6.07) is 3.83. The molecule has 2 saturated heterocycles. The number of halogens is 4. The van der Waals surface area contributed by atoms with Gasteiger partial charge in [0, 0.05) is 42.5 Å². The molecule has 0 unspecified atom stereocenters. The number of alkyl halides is 3. The van der Waals surface area contributed by atoms with Gasteiger partial charge in [0.05, 0.1) is 17.7 Å². The van der Waals surface area contributed by atoms with Crippen molar-refractivity contribution >= 4 is 40.1 Å². The van der Waals surface area contributed by atoms with Gasteiger partial charge >= 0.3 is 12.1 Å². The minimum absolute atomic E-state index is 0.00426. The van der Waals surface area contributed by atoms with Crippen LogP contribution in [0.5, 0.6) is 5.75 Å². The molecule has 0 aliphatic carbocycles. The number of aryl methyl sites for hydroxylation is 1. The van der Waals surface area contributed by atoms with Gasteiger partial charge in [0.1, 0.15) is 17.9 Å². The minimum atomic E-state index is -5.16. The quantitative estimate of drug-likeness (QED) is 0.371. The van der Waals surface area contributed by atoms with E-state index in [1.54, 1.807) is 0 Å². The maximum absolute atomic E-state index is 12.8. The first-order chi connectivity index (χ1) is 20.0. The molecule has 4 heterocycles. The molecule has 5 rings (SSSR count). The molecule has 0 atom stereocenters. The topological polar surface area (TPSA) is 88.8 Å². The predicted octanol–water partition coefficient (Wildman–Crippen LogP) is 4.31. The van der Waals surface area contributed by atoms with Gasteiger partial charge in [-0.3, -0.25) is 0 Å². The van der Waals surface area contributed by atoms with Gasteiger partial charge in [-0.25, -0.2) is 14.8 Å². The lowest BCUT2D eigenvalue weighted by Crippen LogP contribution is -2.47. The van der Waals surface area contributed by atoms with Crippen molar-refractivity contribution in [2.24, 2.45) is 5.92 Å². The summed E-state index contributed by atoms with van der Waals surface area (Å²) in [4.78, 5) is 31.6. The third-order valence-electron chi connectivity index (χ3n) is 8.06. The summed E-state index contributed by atoms with van der Waals surface area (Å²) in [7, 11) is 2.16. The molecule has 42 heavy (non-hydrogen) atoms. The van der Waals surface area contributed by atoms with Crippen molar-refractivity contribution in [3.63, 3.8) is 0 Å². The van der Waals surface area contributed by atoms with E-state index in [2.05, 4.69) is 36.8 Å². The highest BCUT2D eigenvalue weighted by Crippen LogP contribution is 2.35. The number of aromatic nitrogens is 4. The van der Waals surface area contributed by atoms with Crippen LogP contribution in [-0.4, -0.2) is 89.9 Å². The molecule has 0 radical (unpaired) electrons. The highest BCUT2D eigenvalue weighted by atomic mass is 35.5. The Morgan fingerprint density at radius 1 is 1.07 bits per heavy atom. The summed E-state index contributed by atoms with van der Waals surface area (Å²) >= 11 is 6.52. The van der Waals surface area contributed by atoms with Crippen LogP contribution in [0.25, 0.3) is 11.0 Å². The normalized spacial score (nSPS) is 17.2. The molecule has 0 saturated carbocycles. The summed E-state index contributed by atoms with van der Waals surface area (Å²) in [6.07, 6.45) is -0.126. The smallest absolute Gasteiger partial charge is 0.493 e. The zero-order chi connectivity index (χ0) is 30.0. The highest BCUT2D eigenvalue weighted by Gasteiger charge is 2.42. The maximum atomic E-state index is 12.8. The van der Waals surface area contributed by atoms with Crippen molar-refractivity contribution in [1.82, 2.24) is 24.8 Å². The van der Waals surface area contributed by atoms with Gasteiger partial charge in [0.2, 0.25) is 5.65 Å². The van der Waals surface area contributed by atoms with Crippen molar-refractivity contribution < 1.29 is 27.5 Å². The van der Waals surface area contributed by atoms with E-state index < -0.39 is 12.1 Å². The Morgan fingerprint density at radius 2 is 1.76 bits per heavy atom. The van der Waals surface area contributed by atoms with Gasteiger partial charge in [-0.15, -0.1) is 5.10 Å². The molecular weight excluding hydrogens is 575 g/mol. The Hall–Kier alpha value is -3.32. The van der Waals surface area contributed by atoms with Crippen molar-refractivity contribution in [1.29, 1.82) is 0 Å². The zero-order valence-electron chi connectivity index (χ0n) is 24.0. The molecule has 0 spiro atoms. The number of fused-ring (bicyclic) bond motifs is 1. The molecular formula is C28H35ClF3N7O3. The summed E-state index contributed by atoms with van der Waals surface area (Å²) in [6.45, 7) is 9.24. The van der Waals surface area contributed by atoms with E-state index in [4.69, 9.17) is 16.3 Å². The van der Waals surface area contributed by atoms with Gasteiger partial charge in [0.25, 0.3) is 0 Å². The zero-order valence-corrected chi connectivity index (χ0v) is 24.7. The Labute approximate surface area is 247 Å². The predicted molar refractivity (Wildman–Crippen MR) is 153 cm³/mol. The number of rotatable bonds is 8. The van der Waals surface area contributed by atoms with Crippen molar-refractivity contribution in [3.8, 4) is 5.75 Å². The van der Waals surface area contributed by atoms with E-state index in [0.29, 0.717) is 71.9 Å². The number of piperazine rings is 1. The van der Waals surface area contributed by atoms with Gasteiger partial charge in [-0.2, -0.15) is 13.2 Å². The molecule has 3 aromatic rings. The summed E-state index contributed by atoms with van der Waals surface area (Å²) in [5, 5.41) is 5.14. The fourth-order valence-electron chi connectivity index (χ4n) is 5.62. The highest BCUT2D eigenvalue weighted by molar-refractivity contribution is 6.31. The van der Waals surface area contributed by atoms with Crippen molar-refractivity contribution in [3.05, 3.63) is 34.7 Å². The number of benzene rings is 1. The fraction of sp³-hybridized carbons (Fsp3) is 0.571. The number of anilines is 2. The van der Waals surface area contributed by atoms with Crippen LogP contribution in [0.4, 0.5) is 24.7 Å². The van der Waals surface area contributed by atoms with E-state index in [0.717, 1.165) is 36.5 Å². The van der Waals surface area contributed by atoms with Crippen LogP contribution in [0, 0.1) is 12.8 Å². The fourth-order valence-corrected chi connectivity index (χ4v) is 5.83. The van der Waals surface area contributed by atoms with E-state index in [9.17, 15) is 18.0 Å². The lowest BCUT2D eigenvalue weighted by Gasteiger charge is -2.37. The van der Waals surface area contributed by atoms with Gasteiger partial charge in [0.15, 0.2) is 0 Å². The Balaban J connectivity index is 1.28. The number of ether oxygens (including phenoxy) is 1. The molecule has 10 nitrogen and oxygen atoms in total. The van der Waals surface area contributed by atoms with Crippen LogP contribution in [-0.2, 0) is 11.2 Å². The Morgan fingerprint density at radius 3 is 2.43 bits per heavy atom. The largest absolute Gasteiger partial charge is 0.493 e. The van der Waals surface area contributed by atoms with Crippen molar-refractivity contribution in [2.75, 3.05) is 62.7 Å². The van der Waals surface area contributed by atoms with Crippen LogP contribution in [0.2, 0.25) is 5.02 Å². The standard InChI is InChI=1S/C28H35ClF3N7O3/c1-4-21-24-25(33-17-34-26(24)39(35-21)42-27(40)28(30,31)32)38-12-10-37(11-13-38)22-15-20(29)16-23(18(22)2)41-14-7-19-5-8-36(3)9-6-19/h15-17,19H,4-14H2,1-3H3. The van der Waals surface area contributed by atoms with Gasteiger partial charge < -0.3 is 24.3 Å². The molecule has 2 aliphatic heterocycles. The van der Waals surface area contributed by atoms with Crippen LogP contribution >= 0.6 is 11.6 Å². The molecule has 14 heteroatoms. The molecule has 0 bridgehead atoms. The number of hydrogen-bond donors (Lipinski definition) is 0. The maximum Gasteiger partial charge on any atom is 0.493 e. The monoisotopic (exact) mass is 609 g/mol. The van der Waals surface area contributed by atoms with Crippen LogP contribution < -0.4 is 19.4 Å². The number of likely N-dealkylation sites (tertiary alicyclic amines) is 1. The van der Waals surface area contributed by atoms with Crippen molar-refractivity contribution in [2.45, 2.75) is 45.7 Å². The minimum Gasteiger partial charge on any atom is -0.493 e. The number of piperidine rings is 1. The number of nitrogens with zero attached hydrogens (tertiary/aromatic N) is 7.